The van der Waals surface area contributed by atoms with Gasteiger partial charge in [-0.25, -0.2) is 4.68 Å². The Morgan fingerprint density at radius 3 is 2.72 bits per heavy atom. The smallest absolute Gasteiger partial charge is 0.276 e. The number of rotatable bonds is 5. The highest BCUT2D eigenvalue weighted by Gasteiger charge is 2.17. The number of ether oxygens (including phenoxy) is 1. The number of morpholine rings is 1. The number of amides is 1. The Labute approximate surface area is 146 Å². The number of aryl methyl sites for hydroxylation is 1. The first kappa shape index (κ1) is 17.2. The molecule has 0 bridgehead atoms. The van der Waals surface area contributed by atoms with Crippen LogP contribution in [0.2, 0.25) is 0 Å². The van der Waals surface area contributed by atoms with Gasteiger partial charge in [0.25, 0.3) is 11.5 Å². The Morgan fingerprint density at radius 1 is 1.20 bits per heavy atom. The molecule has 7 nitrogen and oxygen atoms in total. The Morgan fingerprint density at radius 2 is 1.96 bits per heavy atom. The lowest BCUT2D eigenvalue weighted by Crippen LogP contribution is -2.36. The molecule has 1 saturated heterocycles. The van der Waals surface area contributed by atoms with Crippen molar-refractivity contribution in [3.63, 3.8) is 0 Å². The minimum absolute atomic E-state index is 0.202. The van der Waals surface area contributed by atoms with E-state index in [0.29, 0.717) is 19.8 Å². The maximum atomic E-state index is 12.6. The number of hydrogen-bond acceptors (Lipinski definition) is 5. The molecule has 0 saturated carbocycles. The van der Waals surface area contributed by atoms with E-state index in [1.807, 2.05) is 31.2 Å². The summed E-state index contributed by atoms with van der Waals surface area (Å²) in [7, 11) is 0. The van der Waals surface area contributed by atoms with Crippen LogP contribution in [0.4, 0.5) is 11.4 Å². The van der Waals surface area contributed by atoms with Crippen LogP contribution in [0.1, 0.15) is 23.8 Å². The van der Waals surface area contributed by atoms with Crippen LogP contribution in [0.15, 0.2) is 41.2 Å². The second-order valence-electron chi connectivity index (χ2n) is 5.85. The summed E-state index contributed by atoms with van der Waals surface area (Å²) >= 11 is 0. The molecule has 7 heteroatoms. The van der Waals surface area contributed by atoms with Crippen molar-refractivity contribution >= 4 is 17.3 Å². The fourth-order valence-electron chi connectivity index (χ4n) is 2.79. The van der Waals surface area contributed by atoms with Gasteiger partial charge in [0, 0.05) is 25.7 Å². The molecule has 1 aromatic heterocycles. The van der Waals surface area contributed by atoms with E-state index in [-0.39, 0.29) is 17.2 Å². The Balaban J connectivity index is 1.81. The van der Waals surface area contributed by atoms with E-state index in [1.54, 1.807) is 0 Å². The highest BCUT2D eigenvalue weighted by molar-refractivity contribution is 6.04. The zero-order valence-electron chi connectivity index (χ0n) is 14.3. The molecule has 3 rings (SSSR count). The van der Waals surface area contributed by atoms with Crippen molar-refractivity contribution in [2.75, 3.05) is 36.5 Å². The van der Waals surface area contributed by atoms with Crippen LogP contribution < -0.4 is 15.8 Å². The number of nitrogens with zero attached hydrogens (tertiary/aromatic N) is 3. The lowest BCUT2D eigenvalue weighted by molar-refractivity contribution is 0.101. The van der Waals surface area contributed by atoms with Crippen LogP contribution in [0.25, 0.3) is 0 Å². The molecule has 1 fully saturated rings. The van der Waals surface area contributed by atoms with Crippen LogP contribution in [0.3, 0.4) is 0 Å². The number of carbonyl (C=O) groups excluding carboxylic acids is 1. The third-order valence-electron chi connectivity index (χ3n) is 4.04. The normalized spacial score (nSPS) is 14.4. The van der Waals surface area contributed by atoms with Gasteiger partial charge in [0.1, 0.15) is 5.69 Å². The molecule has 0 aliphatic carbocycles. The third-order valence-corrected chi connectivity index (χ3v) is 4.04. The first-order chi connectivity index (χ1) is 12.2. The molecule has 1 amide bonds. The van der Waals surface area contributed by atoms with Crippen molar-refractivity contribution in [1.29, 1.82) is 0 Å². The largest absolute Gasteiger partial charge is 0.378 e. The van der Waals surface area contributed by atoms with Crippen molar-refractivity contribution in [3.8, 4) is 0 Å². The maximum absolute atomic E-state index is 12.6. The quantitative estimate of drug-likeness (QED) is 0.896. The highest BCUT2D eigenvalue weighted by atomic mass is 16.5. The predicted molar refractivity (Wildman–Crippen MR) is 96.2 cm³/mol. The monoisotopic (exact) mass is 342 g/mol. The SMILES string of the molecule is CCCn1nc(C(=O)Nc2ccccc2N2CCOCC2)ccc1=O. The molecule has 0 unspecified atom stereocenters. The Hall–Kier alpha value is -2.67. The Bertz CT molecular complexity index is 797. The molecule has 0 radical (unpaired) electrons. The number of carbonyl (C=O) groups is 1. The van der Waals surface area contributed by atoms with Gasteiger partial charge in [0.05, 0.1) is 24.6 Å². The molecule has 25 heavy (non-hydrogen) atoms. The minimum Gasteiger partial charge on any atom is -0.378 e. The zero-order valence-corrected chi connectivity index (χ0v) is 14.3. The number of hydrogen-bond donors (Lipinski definition) is 1. The summed E-state index contributed by atoms with van der Waals surface area (Å²) in [6.07, 6.45) is 0.776. The van der Waals surface area contributed by atoms with Gasteiger partial charge in [-0.3, -0.25) is 9.59 Å². The van der Waals surface area contributed by atoms with Gasteiger partial charge in [-0.2, -0.15) is 5.10 Å². The van der Waals surface area contributed by atoms with Gasteiger partial charge in [-0.05, 0) is 24.6 Å². The number of para-hydroxylation sites is 2. The minimum atomic E-state index is -0.328. The van der Waals surface area contributed by atoms with Crippen LogP contribution in [-0.4, -0.2) is 42.0 Å². The first-order valence-corrected chi connectivity index (χ1v) is 8.50. The van der Waals surface area contributed by atoms with Gasteiger partial charge in [0.15, 0.2) is 0 Å². The summed E-state index contributed by atoms with van der Waals surface area (Å²) in [6, 6.07) is 10.5. The fraction of sp³-hybridized carbons (Fsp3) is 0.389. The van der Waals surface area contributed by atoms with Gasteiger partial charge in [-0.1, -0.05) is 19.1 Å². The molecule has 0 spiro atoms. The summed E-state index contributed by atoms with van der Waals surface area (Å²) in [4.78, 5) is 26.5. The third kappa shape index (κ3) is 4.06. The van der Waals surface area contributed by atoms with Gasteiger partial charge in [0.2, 0.25) is 0 Å². The summed E-state index contributed by atoms with van der Waals surface area (Å²) in [6.45, 7) is 5.36. The molecule has 1 aromatic carbocycles. The van der Waals surface area contributed by atoms with Crippen molar-refractivity contribution in [2.24, 2.45) is 0 Å². The van der Waals surface area contributed by atoms with Crippen molar-refractivity contribution in [2.45, 2.75) is 19.9 Å². The lowest BCUT2D eigenvalue weighted by Gasteiger charge is -2.30. The summed E-state index contributed by atoms with van der Waals surface area (Å²) < 4.78 is 6.71. The van der Waals surface area contributed by atoms with Crippen molar-refractivity contribution in [3.05, 3.63) is 52.4 Å². The zero-order chi connectivity index (χ0) is 17.6. The average molecular weight is 342 g/mol. The summed E-state index contributed by atoms with van der Waals surface area (Å²) in [5.74, 6) is -0.328. The first-order valence-electron chi connectivity index (χ1n) is 8.50. The molecular formula is C18H22N4O3. The van der Waals surface area contributed by atoms with E-state index in [0.717, 1.165) is 30.9 Å². The van der Waals surface area contributed by atoms with Crippen LogP contribution in [-0.2, 0) is 11.3 Å². The Kier molecular flexibility index (Phi) is 5.45. The molecule has 0 atom stereocenters. The second-order valence-corrected chi connectivity index (χ2v) is 5.85. The molecule has 2 aromatic rings. The van der Waals surface area contributed by atoms with E-state index >= 15 is 0 Å². The lowest BCUT2D eigenvalue weighted by atomic mass is 10.2. The van der Waals surface area contributed by atoms with Crippen LogP contribution in [0.5, 0.6) is 0 Å². The topological polar surface area (TPSA) is 76.5 Å². The van der Waals surface area contributed by atoms with E-state index in [9.17, 15) is 9.59 Å². The van der Waals surface area contributed by atoms with E-state index in [1.165, 1.54) is 16.8 Å². The molecule has 1 aliphatic heterocycles. The van der Waals surface area contributed by atoms with E-state index < -0.39 is 0 Å². The van der Waals surface area contributed by atoms with Crippen LogP contribution >= 0.6 is 0 Å². The molecule has 132 valence electrons. The predicted octanol–water partition coefficient (Wildman–Crippen LogP) is 1.74. The van der Waals surface area contributed by atoms with Gasteiger partial charge < -0.3 is 15.0 Å². The summed E-state index contributed by atoms with van der Waals surface area (Å²) in [5.41, 5.74) is 1.71. The fourth-order valence-corrected chi connectivity index (χ4v) is 2.79. The van der Waals surface area contributed by atoms with E-state index in [4.69, 9.17) is 4.74 Å². The molecule has 1 N–H and O–H groups in total. The van der Waals surface area contributed by atoms with Gasteiger partial charge in [-0.15, -0.1) is 0 Å². The molecular weight excluding hydrogens is 320 g/mol. The van der Waals surface area contributed by atoms with Crippen molar-refractivity contribution in [1.82, 2.24) is 9.78 Å². The number of benzene rings is 1. The molecule has 1 aliphatic rings. The van der Waals surface area contributed by atoms with Crippen LogP contribution in [0, 0.1) is 0 Å². The molecule has 2 heterocycles. The maximum Gasteiger partial charge on any atom is 0.276 e. The standard InChI is InChI=1S/C18H22N4O3/c1-2-9-22-17(23)8-7-15(20-22)18(24)19-14-5-3-4-6-16(14)21-10-12-25-13-11-21/h3-8H,2,9-13H2,1H3,(H,19,24). The average Bonchev–Trinajstić information content (AvgIpc) is 2.65. The summed E-state index contributed by atoms with van der Waals surface area (Å²) in [5, 5.41) is 7.07. The second kappa shape index (κ2) is 7.94. The number of nitrogens with one attached hydrogen (secondary N) is 1. The van der Waals surface area contributed by atoms with E-state index in [2.05, 4.69) is 15.3 Å². The van der Waals surface area contributed by atoms with Crippen molar-refractivity contribution < 1.29 is 9.53 Å². The number of aromatic nitrogens is 2. The van der Waals surface area contributed by atoms with Gasteiger partial charge >= 0.3 is 0 Å². The highest BCUT2D eigenvalue weighted by Crippen LogP contribution is 2.26. The number of anilines is 2.